The van der Waals surface area contributed by atoms with Crippen molar-refractivity contribution in [3.05, 3.63) is 0 Å². The van der Waals surface area contributed by atoms with E-state index >= 15 is 0 Å². The summed E-state index contributed by atoms with van der Waals surface area (Å²) < 4.78 is 5.92. The van der Waals surface area contributed by atoms with Crippen molar-refractivity contribution < 1.29 is 4.74 Å². The van der Waals surface area contributed by atoms with Gasteiger partial charge in [-0.2, -0.15) is 0 Å². The number of likely N-dealkylation sites (N-methyl/N-ethyl adjacent to an activating group) is 1. The van der Waals surface area contributed by atoms with Gasteiger partial charge in [0.25, 0.3) is 0 Å². The van der Waals surface area contributed by atoms with Gasteiger partial charge in [0, 0.05) is 12.6 Å². The third kappa shape index (κ3) is 7.77. The lowest BCUT2D eigenvalue weighted by molar-refractivity contribution is -0.000478. The van der Waals surface area contributed by atoms with Crippen LogP contribution in [0.1, 0.15) is 61.3 Å². The van der Waals surface area contributed by atoms with Crippen molar-refractivity contribution in [3.63, 3.8) is 0 Å². The largest absolute Gasteiger partial charge is 0.377 e. The van der Waals surface area contributed by atoms with Crippen molar-refractivity contribution in [2.45, 2.75) is 73.5 Å². The number of rotatable bonds is 8. The first-order valence-electron chi connectivity index (χ1n) is 7.16. The molecule has 0 aliphatic heterocycles. The zero-order valence-corrected chi connectivity index (χ0v) is 13.0. The van der Waals surface area contributed by atoms with E-state index in [1.165, 1.54) is 12.8 Å². The highest BCUT2D eigenvalue weighted by molar-refractivity contribution is 4.81. The maximum Gasteiger partial charge on any atom is 0.0750 e. The van der Waals surface area contributed by atoms with E-state index < -0.39 is 0 Å². The fraction of sp³-hybridized carbons (Fsp3) is 1.00. The van der Waals surface area contributed by atoms with Gasteiger partial charge in [-0.05, 0) is 37.6 Å². The lowest BCUT2D eigenvalue weighted by atomic mass is 9.86. The molecular weight excluding hydrogens is 210 g/mol. The molecule has 2 unspecified atom stereocenters. The Bertz CT molecular complexity index is 184. The molecule has 0 aromatic heterocycles. The molecule has 0 rings (SSSR count). The monoisotopic (exact) mass is 243 g/mol. The van der Waals surface area contributed by atoms with E-state index in [-0.39, 0.29) is 0 Å². The van der Waals surface area contributed by atoms with Crippen molar-refractivity contribution in [1.29, 1.82) is 0 Å². The van der Waals surface area contributed by atoms with Crippen molar-refractivity contribution in [3.8, 4) is 0 Å². The van der Waals surface area contributed by atoms with E-state index in [1.807, 2.05) is 0 Å². The summed E-state index contributed by atoms with van der Waals surface area (Å²) >= 11 is 0. The van der Waals surface area contributed by atoms with Gasteiger partial charge in [-0.1, -0.05) is 41.5 Å². The molecule has 0 heterocycles. The first-order valence-corrected chi connectivity index (χ1v) is 7.16. The first-order chi connectivity index (χ1) is 7.81. The molecule has 0 aromatic rings. The van der Waals surface area contributed by atoms with Gasteiger partial charge in [0.05, 0.1) is 6.10 Å². The van der Waals surface area contributed by atoms with Crippen LogP contribution in [0, 0.1) is 11.3 Å². The predicted octanol–water partition coefficient (Wildman–Crippen LogP) is 3.85. The molecule has 0 spiro atoms. The average molecular weight is 243 g/mol. The molecule has 0 amide bonds. The third-order valence-electron chi connectivity index (χ3n) is 3.08. The highest BCUT2D eigenvalue weighted by Gasteiger charge is 2.25. The van der Waals surface area contributed by atoms with Crippen LogP contribution in [0.25, 0.3) is 0 Å². The first kappa shape index (κ1) is 16.9. The van der Waals surface area contributed by atoms with Gasteiger partial charge in [0.2, 0.25) is 0 Å². The standard InChI is InChI=1S/C15H33NO/c1-8-16-13(10-11-15(5,6)7)14(12(3)4)17-9-2/h12-14,16H,8-11H2,1-7H3. The van der Waals surface area contributed by atoms with Gasteiger partial charge >= 0.3 is 0 Å². The summed E-state index contributed by atoms with van der Waals surface area (Å²) in [5.41, 5.74) is 0.404. The Labute approximate surface area is 109 Å². The van der Waals surface area contributed by atoms with E-state index in [4.69, 9.17) is 4.74 Å². The fourth-order valence-corrected chi connectivity index (χ4v) is 2.20. The van der Waals surface area contributed by atoms with Crippen LogP contribution in [0.3, 0.4) is 0 Å². The van der Waals surface area contributed by atoms with Gasteiger partial charge < -0.3 is 10.1 Å². The Morgan fingerprint density at radius 1 is 1.12 bits per heavy atom. The molecule has 1 N–H and O–H groups in total. The van der Waals surface area contributed by atoms with Gasteiger partial charge in [-0.15, -0.1) is 0 Å². The highest BCUT2D eigenvalue weighted by Crippen LogP contribution is 2.24. The van der Waals surface area contributed by atoms with Crippen LogP contribution >= 0.6 is 0 Å². The molecule has 0 saturated carbocycles. The summed E-state index contributed by atoms with van der Waals surface area (Å²) in [6, 6.07) is 0.485. The Balaban J connectivity index is 4.45. The van der Waals surface area contributed by atoms with E-state index in [9.17, 15) is 0 Å². The number of nitrogens with one attached hydrogen (secondary N) is 1. The zero-order chi connectivity index (χ0) is 13.5. The number of hydrogen-bond acceptors (Lipinski definition) is 2. The van der Waals surface area contributed by atoms with Crippen LogP contribution < -0.4 is 5.32 Å². The summed E-state index contributed by atoms with van der Waals surface area (Å²) in [6.07, 6.45) is 2.77. The fourth-order valence-electron chi connectivity index (χ4n) is 2.20. The zero-order valence-electron chi connectivity index (χ0n) is 13.0. The molecule has 17 heavy (non-hydrogen) atoms. The molecule has 0 aromatic carbocycles. The van der Waals surface area contributed by atoms with Gasteiger partial charge in [-0.25, -0.2) is 0 Å². The maximum atomic E-state index is 5.92. The molecule has 0 aliphatic rings. The Kier molecular flexibility index (Phi) is 8.06. The van der Waals surface area contributed by atoms with E-state index in [0.29, 0.717) is 23.5 Å². The van der Waals surface area contributed by atoms with Crippen molar-refractivity contribution in [1.82, 2.24) is 5.32 Å². The van der Waals surface area contributed by atoms with Gasteiger partial charge in [0.1, 0.15) is 0 Å². The minimum Gasteiger partial charge on any atom is -0.377 e. The summed E-state index contributed by atoms with van der Waals surface area (Å²) in [5.74, 6) is 0.568. The summed E-state index contributed by atoms with van der Waals surface area (Å²) in [7, 11) is 0. The Morgan fingerprint density at radius 2 is 1.71 bits per heavy atom. The molecule has 0 saturated heterocycles. The normalized spacial score (nSPS) is 16.2. The molecule has 0 fully saturated rings. The van der Waals surface area contributed by atoms with Crippen molar-refractivity contribution in [2.75, 3.05) is 13.2 Å². The second-order valence-electron chi connectivity index (χ2n) is 6.43. The Hall–Kier alpha value is -0.0800. The molecule has 0 aliphatic carbocycles. The lowest BCUT2D eigenvalue weighted by Gasteiger charge is -2.32. The van der Waals surface area contributed by atoms with Crippen molar-refractivity contribution >= 4 is 0 Å². The third-order valence-corrected chi connectivity index (χ3v) is 3.08. The average Bonchev–Trinajstić information content (AvgIpc) is 2.19. The molecular formula is C15H33NO. The van der Waals surface area contributed by atoms with Crippen LogP contribution in [0.4, 0.5) is 0 Å². The van der Waals surface area contributed by atoms with Gasteiger partial charge in [0.15, 0.2) is 0 Å². The SMILES string of the molecule is CCNC(CCC(C)(C)C)C(OCC)C(C)C. The molecule has 2 heteroatoms. The second-order valence-corrected chi connectivity index (χ2v) is 6.43. The highest BCUT2D eigenvalue weighted by atomic mass is 16.5. The van der Waals surface area contributed by atoms with Gasteiger partial charge in [-0.3, -0.25) is 0 Å². The molecule has 0 radical (unpaired) electrons. The predicted molar refractivity (Wildman–Crippen MR) is 76.4 cm³/mol. The number of hydrogen-bond donors (Lipinski definition) is 1. The van der Waals surface area contributed by atoms with E-state index in [1.54, 1.807) is 0 Å². The minimum absolute atomic E-state index is 0.335. The minimum atomic E-state index is 0.335. The summed E-state index contributed by atoms with van der Waals surface area (Å²) in [5, 5.41) is 3.60. The van der Waals surface area contributed by atoms with Crippen LogP contribution in [0.15, 0.2) is 0 Å². The van der Waals surface area contributed by atoms with Crippen molar-refractivity contribution in [2.24, 2.45) is 11.3 Å². The summed E-state index contributed by atoms with van der Waals surface area (Å²) in [4.78, 5) is 0. The maximum absolute atomic E-state index is 5.92. The molecule has 2 atom stereocenters. The molecule has 104 valence electrons. The molecule has 0 bridgehead atoms. The van der Waals surface area contributed by atoms with Crippen LogP contribution in [-0.2, 0) is 4.74 Å². The lowest BCUT2D eigenvalue weighted by Crippen LogP contribution is -2.44. The summed E-state index contributed by atoms with van der Waals surface area (Å²) in [6.45, 7) is 17.5. The van der Waals surface area contributed by atoms with E-state index in [0.717, 1.165) is 13.2 Å². The smallest absolute Gasteiger partial charge is 0.0750 e. The Morgan fingerprint density at radius 3 is 2.06 bits per heavy atom. The molecule has 2 nitrogen and oxygen atoms in total. The van der Waals surface area contributed by atoms with E-state index in [2.05, 4.69) is 53.8 Å². The number of ether oxygens (including phenoxy) is 1. The van der Waals surface area contributed by atoms with Crippen LogP contribution in [0.2, 0.25) is 0 Å². The second kappa shape index (κ2) is 8.10. The quantitative estimate of drug-likeness (QED) is 0.699. The topological polar surface area (TPSA) is 21.3 Å². The van der Waals surface area contributed by atoms with Crippen LogP contribution in [-0.4, -0.2) is 25.3 Å². The van der Waals surface area contributed by atoms with Crippen LogP contribution in [0.5, 0.6) is 0 Å².